The number of oxazole rings is 1. The van der Waals surface area contributed by atoms with Gasteiger partial charge in [0.2, 0.25) is 5.89 Å². The molecule has 1 heterocycles. The zero-order chi connectivity index (χ0) is 17.1. The number of benzene rings is 2. The molecule has 3 rings (SSSR count). The van der Waals surface area contributed by atoms with Crippen LogP contribution in [-0.2, 0) is 0 Å². The Bertz CT molecular complexity index is 931. The van der Waals surface area contributed by atoms with E-state index in [1.807, 2.05) is 25.1 Å². The molecule has 0 saturated carbocycles. The molecule has 0 fully saturated rings. The van der Waals surface area contributed by atoms with Crippen LogP contribution in [0, 0.1) is 17.0 Å². The Labute approximate surface area is 137 Å². The fourth-order valence-corrected chi connectivity index (χ4v) is 2.32. The van der Waals surface area contributed by atoms with Gasteiger partial charge in [0.05, 0.1) is 16.8 Å². The minimum atomic E-state index is -0.439. The summed E-state index contributed by atoms with van der Waals surface area (Å²) in [5.41, 5.74) is 3.16. The smallest absolute Gasteiger partial charge is 0.270 e. The van der Waals surface area contributed by atoms with Crippen LogP contribution in [0.3, 0.4) is 0 Å². The number of rotatable bonds is 4. The van der Waals surface area contributed by atoms with Crippen LogP contribution in [0.25, 0.3) is 22.8 Å². The van der Waals surface area contributed by atoms with Gasteiger partial charge in [-0.15, -0.1) is 0 Å². The second-order valence-corrected chi connectivity index (χ2v) is 5.14. The van der Waals surface area contributed by atoms with Crippen LogP contribution in [0.4, 0.5) is 11.4 Å². The van der Waals surface area contributed by atoms with Crippen LogP contribution >= 0.6 is 0 Å². The van der Waals surface area contributed by atoms with E-state index in [0.29, 0.717) is 17.2 Å². The van der Waals surface area contributed by atoms with E-state index in [2.05, 4.69) is 15.2 Å². The molecule has 24 heavy (non-hydrogen) atoms. The summed E-state index contributed by atoms with van der Waals surface area (Å²) in [5.74, 6) is 0.920. The van der Waals surface area contributed by atoms with E-state index in [0.717, 1.165) is 16.8 Å². The molecule has 3 aromatic rings. The topological polar surface area (TPSA) is 93.9 Å². The fraction of sp³-hybridized carbons (Fsp3) is 0.118. The number of non-ortho nitro benzene ring substituents is 1. The molecule has 0 aliphatic carbocycles. The lowest BCUT2D eigenvalue weighted by Gasteiger charge is -2.01. The normalized spacial score (nSPS) is 11.1. The summed E-state index contributed by atoms with van der Waals surface area (Å²) in [6.07, 6.45) is 1.56. The number of aromatic nitrogens is 1. The Morgan fingerprint density at radius 3 is 2.71 bits per heavy atom. The number of azo groups is 1. The fourth-order valence-electron chi connectivity index (χ4n) is 2.32. The molecule has 0 amide bonds. The van der Waals surface area contributed by atoms with Gasteiger partial charge in [-0.3, -0.25) is 10.1 Å². The Kier molecular flexibility index (Phi) is 4.15. The molecule has 2 aromatic carbocycles. The predicted molar refractivity (Wildman–Crippen MR) is 89.2 cm³/mol. The van der Waals surface area contributed by atoms with Crippen molar-refractivity contribution in [2.75, 3.05) is 7.05 Å². The summed E-state index contributed by atoms with van der Waals surface area (Å²) in [6, 6.07) is 11.9. The van der Waals surface area contributed by atoms with E-state index in [-0.39, 0.29) is 5.69 Å². The first-order valence-electron chi connectivity index (χ1n) is 7.20. The number of hydrogen-bond acceptors (Lipinski definition) is 6. The molecule has 0 radical (unpaired) electrons. The van der Waals surface area contributed by atoms with Crippen molar-refractivity contribution in [2.45, 2.75) is 6.92 Å². The van der Waals surface area contributed by atoms with Gasteiger partial charge in [0.15, 0.2) is 5.76 Å². The van der Waals surface area contributed by atoms with Crippen LogP contribution in [0.2, 0.25) is 0 Å². The molecule has 1 aromatic heterocycles. The molecule has 0 unspecified atom stereocenters. The molecular weight excluding hydrogens is 308 g/mol. The first-order chi connectivity index (χ1) is 11.6. The van der Waals surface area contributed by atoms with E-state index in [1.54, 1.807) is 25.4 Å². The Balaban J connectivity index is 1.95. The molecule has 120 valence electrons. The van der Waals surface area contributed by atoms with Gasteiger partial charge in [-0.1, -0.05) is 12.1 Å². The monoisotopic (exact) mass is 322 g/mol. The summed E-state index contributed by atoms with van der Waals surface area (Å²) < 4.78 is 5.76. The van der Waals surface area contributed by atoms with E-state index < -0.39 is 4.92 Å². The first-order valence-corrected chi connectivity index (χ1v) is 7.20. The highest BCUT2D eigenvalue weighted by molar-refractivity contribution is 5.65. The second kappa shape index (κ2) is 6.41. The number of aryl methyl sites for hydroxylation is 1. The lowest BCUT2D eigenvalue weighted by atomic mass is 10.1. The van der Waals surface area contributed by atoms with Crippen LogP contribution in [0.15, 0.2) is 63.3 Å². The SMILES string of the molecule is CN=Nc1ccc(-c2ncc(-c3cccc([N+](=O)[O-])c3)o2)cc1C. The average molecular weight is 322 g/mol. The van der Waals surface area contributed by atoms with Crippen LogP contribution in [0.1, 0.15) is 5.56 Å². The lowest BCUT2D eigenvalue weighted by Crippen LogP contribution is -1.87. The molecule has 0 N–H and O–H groups in total. The van der Waals surface area contributed by atoms with Crippen molar-refractivity contribution in [3.63, 3.8) is 0 Å². The predicted octanol–water partition coefficient (Wildman–Crippen LogP) is 4.94. The third-order valence-corrected chi connectivity index (χ3v) is 3.50. The van der Waals surface area contributed by atoms with Crippen molar-refractivity contribution in [1.82, 2.24) is 4.98 Å². The summed E-state index contributed by atoms with van der Waals surface area (Å²) >= 11 is 0. The maximum Gasteiger partial charge on any atom is 0.270 e. The summed E-state index contributed by atoms with van der Waals surface area (Å²) in [7, 11) is 1.62. The van der Waals surface area contributed by atoms with Gasteiger partial charge < -0.3 is 4.42 Å². The highest BCUT2D eigenvalue weighted by atomic mass is 16.6. The van der Waals surface area contributed by atoms with Gasteiger partial charge in [-0.25, -0.2) is 4.98 Å². The second-order valence-electron chi connectivity index (χ2n) is 5.14. The van der Waals surface area contributed by atoms with Crippen molar-refractivity contribution in [3.8, 4) is 22.8 Å². The zero-order valence-corrected chi connectivity index (χ0v) is 13.1. The first kappa shape index (κ1) is 15.5. The van der Waals surface area contributed by atoms with Crippen molar-refractivity contribution >= 4 is 11.4 Å². The molecule has 0 aliphatic heterocycles. The third kappa shape index (κ3) is 3.05. The van der Waals surface area contributed by atoms with Crippen LogP contribution < -0.4 is 0 Å². The summed E-state index contributed by atoms with van der Waals surface area (Å²) in [5, 5.41) is 18.7. The van der Waals surface area contributed by atoms with Gasteiger partial charge in [-0.05, 0) is 30.7 Å². The van der Waals surface area contributed by atoms with Gasteiger partial charge >= 0.3 is 0 Å². The molecule has 0 saturated heterocycles. The standard InChI is InChI=1S/C17H14N4O3/c1-11-8-13(6-7-15(11)20-18-2)17-19-10-16(24-17)12-4-3-5-14(9-12)21(22)23/h3-10H,1-2H3. The molecule has 0 aliphatic rings. The molecular formula is C17H14N4O3. The minimum absolute atomic E-state index is 0.00979. The van der Waals surface area contributed by atoms with Gasteiger partial charge in [0.25, 0.3) is 5.69 Å². The summed E-state index contributed by atoms with van der Waals surface area (Å²) in [4.78, 5) is 14.7. The van der Waals surface area contributed by atoms with Crippen molar-refractivity contribution in [2.24, 2.45) is 10.2 Å². The molecule has 0 spiro atoms. The Hall–Kier alpha value is -3.35. The van der Waals surface area contributed by atoms with Crippen molar-refractivity contribution in [3.05, 3.63) is 64.3 Å². The Morgan fingerprint density at radius 1 is 1.17 bits per heavy atom. The molecule has 0 atom stereocenters. The lowest BCUT2D eigenvalue weighted by molar-refractivity contribution is -0.384. The van der Waals surface area contributed by atoms with Gasteiger partial charge in [0, 0.05) is 30.3 Å². The summed E-state index contributed by atoms with van der Waals surface area (Å²) in [6.45, 7) is 1.93. The van der Waals surface area contributed by atoms with E-state index >= 15 is 0 Å². The highest BCUT2D eigenvalue weighted by Crippen LogP contribution is 2.30. The average Bonchev–Trinajstić information content (AvgIpc) is 3.07. The van der Waals surface area contributed by atoms with Crippen molar-refractivity contribution < 1.29 is 9.34 Å². The van der Waals surface area contributed by atoms with Crippen molar-refractivity contribution in [1.29, 1.82) is 0 Å². The minimum Gasteiger partial charge on any atom is -0.436 e. The third-order valence-electron chi connectivity index (χ3n) is 3.50. The number of nitrogens with zero attached hydrogens (tertiary/aromatic N) is 4. The zero-order valence-electron chi connectivity index (χ0n) is 13.1. The number of hydrogen-bond donors (Lipinski definition) is 0. The van der Waals surface area contributed by atoms with Crippen LogP contribution in [-0.4, -0.2) is 17.0 Å². The van der Waals surface area contributed by atoms with Gasteiger partial charge in [-0.2, -0.15) is 10.2 Å². The van der Waals surface area contributed by atoms with E-state index in [1.165, 1.54) is 12.1 Å². The molecule has 7 nitrogen and oxygen atoms in total. The van der Waals surface area contributed by atoms with E-state index in [9.17, 15) is 10.1 Å². The van der Waals surface area contributed by atoms with Gasteiger partial charge in [0.1, 0.15) is 0 Å². The Morgan fingerprint density at radius 2 is 2.00 bits per heavy atom. The maximum absolute atomic E-state index is 10.9. The molecule has 0 bridgehead atoms. The number of nitro groups is 1. The quantitative estimate of drug-likeness (QED) is 0.386. The van der Waals surface area contributed by atoms with E-state index in [4.69, 9.17) is 4.42 Å². The molecule has 7 heteroatoms. The largest absolute Gasteiger partial charge is 0.436 e. The highest BCUT2D eigenvalue weighted by Gasteiger charge is 2.12. The van der Waals surface area contributed by atoms with Crippen LogP contribution in [0.5, 0.6) is 0 Å². The number of nitro benzene ring substituents is 1. The maximum atomic E-state index is 10.9.